The summed E-state index contributed by atoms with van der Waals surface area (Å²) < 4.78 is 27.5. The van der Waals surface area contributed by atoms with E-state index in [9.17, 15) is 23.5 Å². The first-order chi connectivity index (χ1) is 10.9. The fourth-order valence-electron chi connectivity index (χ4n) is 3.54. The average Bonchev–Trinajstić information content (AvgIpc) is 3.28. The maximum absolute atomic E-state index is 13.8. The van der Waals surface area contributed by atoms with Gasteiger partial charge in [-0.2, -0.15) is 0 Å². The number of hydrogen-bond acceptors (Lipinski definition) is 2. The highest BCUT2D eigenvalue weighted by atomic mass is 19.1. The van der Waals surface area contributed by atoms with E-state index in [0.717, 1.165) is 19.3 Å². The van der Waals surface area contributed by atoms with Crippen molar-refractivity contribution in [2.75, 3.05) is 0 Å². The predicted molar refractivity (Wildman–Crippen MR) is 78.8 cm³/mol. The second kappa shape index (κ2) is 5.91. The number of halogens is 2. The molecule has 2 N–H and O–H groups in total. The minimum Gasteiger partial charge on any atom is -0.480 e. The summed E-state index contributed by atoms with van der Waals surface area (Å²) >= 11 is 0. The number of carbonyl (C=O) groups excluding carboxylic acids is 1. The van der Waals surface area contributed by atoms with Gasteiger partial charge in [0, 0.05) is 17.4 Å². The molecule has 2 unspecified atom stereocenters. The zero-order chi connectivity index (χ0) is 16.6. The van der Waals surface area contributed by atoms with Gasteiger partial charge in [-0.3, -0.25) is 4.79 Å². The Labute approximate surface area is 132 Å². The molecule has 6 heteroatoms. The minimum atomic E-state index is -1.23. The Kier molecular flexibility index (Phi) is 4.08. The van der Waals surface area contributed by atoms with Gasteiger partial charge in [-0.1, -0.05) is 25.3 Å². The highest BCUT2D eigenvalue weighted by Crippen LogP contribution is 2.49. The van der Waals surface area contributed by atoms with Crippen LogP contribution in [0.15, 0.2) is 18.2 Å². The Balaban J connectivity index is 1.72. The number of benzene rings is 1. The molecule has 1 aromatic rings. The van der Waals surface area contributed by atoms with Gasteiger partial charge >= 0.3 is 5.97 Å². The first-order valence-electron chi connectivity index (χ1n) is 7.94. The van der Waals surface area contributed by atoms with Crippen LogP contribution in [-0.2, 0) is 9.59 Å². The predicted octanol–water partition coefficient (Wildman–Crippen LogP) is 2.97. The Hall–Kier alpha value is -1.98. The van der Waals surface area contributed by atoms with E-state index in [1.54, 1.807) is 0 Å². The standard InChI is InChI=1S/C17H19F2NO3/c18-12-5-4-6-13(19)14(12)10-9-11(10)15(21)20-17(16(22)23)7-2-1-3-8-17/h4-6,10-11H,1-3,7-9H2,(H,20,21)(H,22,23). The average molecular weight is 323 g/mol. The number of amides is 1. The monoisotopic (exact) mass is 323 g/mol. The second-order valence-corrected chi connectivity index (χ2v) is 6.52. The fourth-order valence-corrected chi connectivity index (χ4v) is 3.54. The van der Waals surface area contributed by atoms with Gasteiger partial charge in [0.25, 0.3) is 0 Å². The molecule has 0 heterocycles. The van der Waals surface area contributed by atoms with Crippen LogP contribution in [0.2, 0.25) is 0 Å². The van der Waals surface area contributed by atoms with E-state index in [-0.39, 0.29) is 5.56 Å². The van der Waals surface area contributed by atoms with E-state index in [1.165, 1.54) is 18.2 Å². The van der Waals surface area contributed by atoms with Gasteiger partial charge in [0.15, 0.2) is 0 Å². The Morgan fingerprint density at radius 3 is 2.30 bits per heavy atom. The molecule has 2 saturated carbocycles. The summed E-state index contributed by atoms with van der Waals surface area (Å²) in [5.74, 6) is -3.82. The SMILES string of the molecule is O=C(NC1(C(=O)O)CCCCC1)C1CC1c1c(F)cccc1F. The third-order valence-corrected chi connectivity index (χ3v) is 4.98. The molecule has 124 valence electrons. The van der Waals surface area contributed by atoms with E-state index in [1.807, 2.05) is 0 Å². The molecule has 0 spiro atoms. The summed E-state index contributed by atoms with van der Waals surface area (Å²) in [6.07, 6.45) is 3.61. The van der Waals surface area contributed by atoms with Crippen molar-refractivity contribution in [1.82, 2.24) is 5.32 Å². The van der Waals surface area contributed by atoms with Crippen molar-refractivity contribution in [3.63, 3.8) is 0 Å². The molecule has 2 aliphatic carbocycles. The quantitative estimate of drug-likeness (QED) is 0.895. The molecule has 23 heavy (non-hydrogen) atoms. The Morgan fingerprint density at radius 2 is 1.74 bits per heavy atom. The van der Waals surface area contributed by atoms with Crippen LogP contribution in [0, 0.1) is 17.6 Å². The smallest absolute Gasteiger partial charge is 0.329 e. The number of hydrogen-bond donors (Lipinski definition) is 2. The molecule has 0 aromatic heterocycles. The van der Waals surface area contributed by atoms with Crippen LogP contribution in [0.5, 0.6) is 0 Å². The molecule has 1 aromatic carbocycles. The van der Waals surface area contributed by atoms with Crippen LogP contribution in [0.1, 0.15) is 50.0 Å². The fraction of sp³-hybridized carbons (Fsp3) is 0.529. The summed E-state index contributed by atoms with van der Waals surface area (Å²) in [5, 5.41) is 12.1. The number of rotatable bonds is 4. The van der Waals surface area contributed by atoms with Gasteiger partial charge in [0.2, 0.25) is 5.91 Å². The largest absolute Gasteiger partial charge is 0.480 e. The summed E-state index contributed by atoms with van der Waals surface area (Å²) in [6, 6.07) is 3.63. The lowest BCUT2D eigenvalue weighted by Gasteiger charge is -2.34. The summed E-state index contributed by atoms with van der Waals surface area (Å²) in [5.41, 5.74) is -1.29. The van der Waals surface area contributed by atoms with Crippen molar-refractivity contribution in [1.29, 1.82) is 0 Å². The Bertz CT molecular complexity index is 620. The van der Waals surface area contributed by atoms with Crippen molar-refractivity contribution < 1.29 is 23.5 Å². The molecule has 0 aliphatic heterocycles. The maximum Gasteiger partial charge on any atom is 0.329 e. The highest BCUT2D eigenvalue weighted by Gasteiger charge is 2.50. The molecular formula is C17H19F2NO3. The van der Waals surface area contributed by atoms with E-state index < -0.39 is 40.9 Å². The lowest BCUT2D eigenvalue weighted by Crippen LogP contribution is -2.56. The van der Waals surface area contributed by atoms with Crippen molar-refractivity contribution >= 4 is 11.9 Å². The molecule has 2 aliphatic rings. The number of carboxylic acid groups (broad SMARTS) is 1. The van der Waals surface area contributed by atoms with Crippen LogP contribution in [0.3, 0.4) is 0 Å². The van der Waals surface area contributed by atoms with Crippen molar-refractivity contribution in [3.8, 4) is 0 Å². The van der Waals surface area contributed by atoms with Crippen LogP contribution in [0.25, 0.3) is 0 Å². The van der Waals surface area contributed by atoms with Crippen molar-refractivity contribution in [2.24, 2.45) is 5.92 Å². The maximum atomic E-state index is 13.8. The summed E-state index contributed by atoms with van der Waals surface area (Å²) in [6.45, 7) is 0. The molecule has 1 amide bonds. The number of carboxylic acids is 1. The molecule has 0 bridgehead atoms. The van der Waals surface area contributed by atoms with Crippen LogP contribution in [0.4, 0.5) is 8.78 Å². The molecule has 0 saturated heterocycles. The first kappa shape index (κ1) is 15.9. The van der Waals surface area contributed by atoms with Crippen LogP contribution >= 0.6 is 0 Å². The van der Waals surface area contributed by atoms with Gasteiger partial charge in [0.1, 0.15) is 17.2 Å². The van der Waals surface area contributed by atoms with Crippen LogP contribution < -0.4 is 5.32 Å². The van der Waals surface area contributed by atoms with E-state index >= 15 is 0 Å². The summed E-state index contributed by atoms with van der Waals surface area (Å²) in [7, 11) is 0. The first-order valence-corrected chi connectivity index (χ1v) is 7.94. The third-order valence-electron chi connectivity index (χ3n) is 4.98. The molecule has 0 radical (unpaired) electrons. The Morgan fingerprint density at radius 1 is 1.13 bits per heavy atom. The molecule has 4 nitrogen and oxygen atoms in total. The number of nitrogens with one attached hydrogen (secondary N) is 1. The van der Waals surface area contributed by atoms with Gasteiger partial charge < -0.3 is 10.4 Å². The third kappa shape index (κ3) is 2.94. The molecular weight excluding hydrogens is 304 g/mol. The van der Waals surface area contributed by atoms with E-state index in [2.05, 4.69) is 5.32 Å². The van der Waals surface area contributed by atoms with Gasteiger partial charge in [0.05, 0.1) is 0 Å². The van der Waals surface area contributed by atoms with Crippen LogP contribution in [-0.4, -0.2) is 22.5 Å². The normalized spacial score (nSPS) is 25.7. The lowest BCUT2D eigenvalue weighted by molar-refractivity contribution is -0.149. The van der Waals surface area contributed by atoms with Crippen molar-refractivity contribution in [2.45, 2.75) is 50.0 Å². The number of aliphatic carboxylic acids is 1. The highest BCUT2D eigenvalue weighted by molar-refractivity contribution is 5.90. The topological polar surface area (TPSA) is 66.4 Å². The number of carbonyl (C=O) groups is 2. The zero-order valence-electron chi connectivity index (χ0n) is 12.6. The molecule has 2 fully saturated rings. The minimum absolute atomic E-state index is 0.0688. The summed E-state index contributed by atoms with van der Waals surface area (Å²) in [4.78, 5) is 24.0. The van der Waals surface area contributed by atoms with Gasteiger partial charge in [-0.15, -0.1) is 0 Å². The van der Waals surface area contributed by atoms with E-state index in [0.29, 0.717) is 19.3 Å². The van der Waals surface area contributed by atoms with Gasteiger partial charge in [-0.25, -0.2) is 13.6 Å². The molecule has 2 atom stereocenters. The zero-order valence-corrected chi connectivity index (χ0v) is 12.6. The molecule has 3 rings (SSSR count). The van der Waals surface area contributed by atoms with E-state index in [4.69, 9.17) is 0 Å². The second-order valence-electron chi connectivity index (χ2n) is 6.52. The van der Waals surface area contributed by atoms with Crippen molar-refractivity contribution in [3.05, 3.63) is 35.4 Å². The lowest BCUT2D eigenvalue weighted by atomic mass is 9.81. The van der Waals surface area contributed by atoms with Gasteiger partial charge in [-0.05, 0) is 31.4 Å².